The van der Waals surface area contributed by atoms with E-state index < -0.39 is 5.92 Å². The van der Waals surface area contributed by atoms with E-state index in [4.69, 9.17) is 22.1 Å². The molecule has 1 aliphatic rings. The van der Waals surface area contributed by atoms with Crippen LogP contribution in [0.15, 0.2) is 60.0 Å². The molecule has 0 spiro atoms. The summed E-state index contributed by atoms with van der Waals surface area (Å²) in [4.78, 5) is 2.02. The predicted octanol–water partition coefficient (Wildman–Crippen LogP) is 4.01. The lowest BCUT2D eigenvalue weighted by molar-refractivity contribution is 0.379. The molecular weight excluding hydrogens is 374 g/mol. The second kappa shape index (κ2) is 6.95. The van der Waals surface area contributed by atoms with E-state index in [0.717, 1.165) is 22.4 Å². The molecule has 3 N–H and O–H groups in total. The zero-order chi connectivity index (χ0) is 19.8. The number of halogens is 1. The van der Waals surface area contributed by atoms with E-state index >= 15 is 0 Å². The smallest absolute Gasteiger partial charge is 0.244 e. The summed E-state index contributed by atoms with van der Waals surface area (Å²) in [5.74, 6) is 0.0111. The standard InChI is InChI=1S/C21H18ClN5O/c1-27(2)13-9-7-12(8-10-13)17-15(11-23)20(24)28-21-18(17)19(25-26-21)14-5-3-4-6-16(14)22/h3-10,17H,24H2,1-2H3,(H,25,26). The largest absolute Gasteiger partial charge is 0.420 e. The maximum absolute atomic E-state index is 9.78. The number of ether oxygens (including phenoxy) is 1. The highest BCUT2D eigenvalue weighted by atomic mass is 35.5. The number of rotatable bonds is 3. The first-order valence-corrected chi connectivity index (χ1v) is 9.07. The van der Waals surface area contributed by atoms with Crippen LogP contribution in [0.25, 0.3) is 11.3 Å². The molecule has 0 saturated heterocycles. The summed E-state index contributed by atoms with van der Waals surface area (Å²) in [6.45, 7) is 0. The van der Waals surface area contributed by atoms with E-state index in [1.807, 2.05) is 67.5 Å². The first-order chi connectivity index (χ1) is 13.5. The molecule has 2 heterocycles. The van der Waals surface area contributed by atoms with Crippen LogP contribution >= 0.6 is 11.6 Å². The van der Waals surface area contributed by atoms with Crippen LogP contribution in [0, 0.1) is 11.3 Å². The Hall–Kier alpha value is -3.43. The molecule has 0 fully saturated rings. The van der Waals surface area contributed by atoms with Crippen LogP contribution in [0.2, 0.25) is 5.02 Å². The minimum Gasteiger partial charge on any atom is -0.420 e. The lowest BCUT2D eigenvalue weighted by Crippen LogP contribution is -2.21. The Kier molecular flexibility index (Phi) is 4.46. The molecule has 7 heteroatoms. The second-order valence-electron chi connectivity index (χ2n) is 6.71. The van der Waals surface area contributed by atoms with Gasteiger partial charge in [-0.2, -0.15) is 5.26 Å². The van der Waals surface area contributed by atoms with Crippen LogP contribution in [0.4, 0.5) is 5.69 Å². The number of nitrogens with two attached hydrogens (primary N) is 1. The number of anilines is 1. The Balaban J connectivity index is 1.92. The Morgan fingerprint density at radius 2 is 1.89 bits per heavy atom. The first kappa shape index (κ1) is 18.0. The first-order valence-electron chi connectivity index (χ1n) is 8.69. The van der Waals surface area contributed by atoms with Gasteiger partial charge < -0.3 is 15.4 Å². The fraction of sp³-hybridized carbons (Fsp3) is 0.143. The molecule has 4 rings (SSSR count). The van der Waals surface area contributed by atoms with Gasteiger partial charge in [-0.3, -0.25) is 5.10 Å². The van der Waals surface area contributed by atoms with E-state index in [-0.39, 0.29) is 5.88 Å². The number of aromatic nitrogens is 2. The van der Waals surface area contributed by atoms with E-state index in [0.29, 0.717) is 22.2 Å². The van der Waals surface area contributed by atoms with Gasteiger partial charge in [0.25, 0.3) is 0 Å². The summed E-state index contributed by atoms with van der Waals surface area (Å²) < 4.78 is 5.63. The van der Waals surface area contributed by atoms with Crippen molar-refractivity contribution in [3.63, 3.8) is 0 Å². The van der Waals surface area contributed by atoms with Crippen molar-refractivity contribution in [2.24, 2.45) is 5.73 Å². The van der Waals surface area contributed by atoms with Crippen molar-refractivity contribution in [2.45, 2.75) is 5.92 Å². The quantitative estimate of drug-likeness (QED) is 0.703. The number of nitriles is 1. The third-order valence-corrected chi connectivity index (χ3v) is 5.15. The number of fused-ring (bicyclic) bond motifs is 1. The number of aromatic amines is 1. The van der Waals surface area contributed by atoms with Gasteiger partial charge in [-0.25, -0.2) is 0 Å². The van der Waals surface area contributed by atoms with Gasteiger partial charge in [0.15, 0.2) is 0 Å². The highest BCUT2D eigenvalue weighted by molar-refractivity contribution is 6.33. The van der Waals surface area contributed by atoms with Crippen molar-refractivity contribution in [1.29, 1.82) is 5.26 Å². The van der Waals surface area contributed by atoms with E-state index in [9.17, 15) is 5.26 Å². The molecule has 0 radical (unpaired) electrons. The van der Waals surface area contributed by atoms with Crippen molar-refractivity contribution in [2.75, 3.05) is 19.0 Å². The van der Waals surface area contributed by atoms with Crippen molar-refractivity contribution in [3.05, 3.63) is 76.1 Å². The van der Waals surface area contributed by atoms with Gasteiger partial charge in [0, 0.05) is 30.4 Å². The molecule has 140 valence electrons. The molecule has 6 nitrogen and oxygen atoms in total. The maximum atomic E-state index is 9.78. The molecule has 2 aromatic carbocycles. The third-order valence-electron chi connectivity index (χ3n) is 4.82. The van der Waals surface area contributed by atoms with Crippen LogP contribution in [0.5, 0.6) is 5.88 Å². The molecule has 1 aromatic heterocycles. The fourth-order valence-electron chi connectivity index (χ4n) is 3.41. The summed E-state index contributed by atoms with van der Waals surface area (Å²) in [6, 6.07) is 17.7. The SMILES string of the molecule is CN(C)c1ccc(C2C(C#N)=C(N)Oc3n[nH]c(-c4ccccc4Cl)c32)cc1. The van der Waals surface area contributed by atoms with Gasteiger partial charge >= 0.3 is 0 Å². The van der Waals surface area contributed by atoms with Crippen molar-refractivity contribution in [3.8, 4) is 23.2 Å². The number of hydrogen-bond donors (Lipinski definition) is 2. The Morgan fingerprint density at radius 1 is 1.18 bits per heavy atom. The lowest BCUT2D eigenvalue weighted by atomic mass is 9.83. The fourth-order valence-corrected chi connectivity index (χ4v) is 3.64. The second-order valence-corrected chi connectivity index (χ2v) is 7.12. The van der Waals surface area contributed by atoms with E-state index in [1.165, 1.54) is 0 Å². The average Bonchev–Trinajstić information content (AvgIpc) is 3.10. The number of allylic oxidation sites excluding steroid dienone is 1. The zero-order valence-electron chi connectivity index (χ0n) is 15.4. The molecule has 1 aliphatic heterocycles. The summed E-state index contributed by atoms with van der Waals surface area (Å²) in [5, 5.41) is 17.6. The highest BCUT2D eigenvalue weighted by Crippen LogP contribution is 2.46. The van der Waals surface area contributed by atoms with Gasteiger partial charge in [0.1, 0.15) is 11.6 Å². The summed E-state index contributed by atoms with van der Waals surface area (Å²) >= 11 is 6.41. The van der Waals surface area contributed by atoms with Crippen molar-refractivity contribution in [1.82, 2.24) is 10.2 Å². The number of nitrogens with one attached hydrogen (secondary N) is 1. The van der Waals surface area contributed by atoms with E-state index in [2.05, 4.69) is 16.3 Å². The Bertz CT molecular complexity index is 1110. The van der Waals surface area contributed by atoms with Crippen molar-refractivity contribution < 1.29 is 4.74 Å². The normalized spacial score (nSPS) is 15.6. The molecule has 1 unspecified atom stereocenters. The number of nitrogens with zero attached hydrogens (tertiary/aromatic N) is 3. The van der Waals surface area contributed by atoms with Crippen LogP contribution in [0.1, 0.15) is 17.0 Å². The summed E-state index contributed by atoms with van der Waals surface area (Å²) in [6.07, 6.45) is 0. The maximum Gasteiger partial charge on any atom is 0.244 e. The van der Waals surface area contributed by atoms with Crippen LogP contribution in [0.3, 0.4) is 0 Å². The Labute approximate surface area is 167 Å². The van der Waals surface area contributed by atoms with Gasteiger partial charge in [0.2, 0.25) is 11.8 Å². The lowest BCUT2D eigenvalue weighted by Gasteiger charge is -2.24. The minimum atomic E-state index is -0.407. The number of benzene rings is 2. The zero-order valence-corrected chi connectivity index (χ0v) is 16.2. The summed E-state index contributed by atoms with van der Waals surface area (Å²) in [7, 11) is 3.96. The molecule has 0 saturated carbocycles. The molecular formula is C21H18ClN5O. The minimum absolute atomic E-state index is 0.0638. The molecule has 0 bridgehead atoms. The van der Waals surface area contributed by atoms with Crippen LogP contribution < -0.4 is 15.4 Å². The Morgan fingerprint density at radius 3 is 2.54 bits per heavy atom. The molecule has 0 amide bonds. The average molecular weight is 392 g/mol. The molecule has 3 aromatic rings. The number of hydrogen-bond acceptors (Lipinski definition) is 5. The van der Waals surface area contributed by atoms with E-state index in [1.54, 1.807) is 0 Å². The molecule has 1 atom stereocenters. The molecule has 0 aliphatic carbocycles. The van der Waals surface area contributed by atoms with Crippen LogP contribution in [-0.2, 0) is 0 Å². The molecule has 28 heavy (non-hydrogen) atoms. The van der Waals surface area contributed by atoms with Gasteiger partial charge in [-0.05, 0) is 23.8 Å². The van der Waals surface area contributed by atoms with Crippen molar-refractivity contribution >= 4 is 17.3 Å². The third kappa shape index (κ3) is 2.86. The monoisotopic (exact) mass is 391 g/mol. The predicted molar refractivity (Wildman–Crippen MR) is 109 cm³/mol. The topological polar surface area (TPSA) is 91.0 Å². The van der Waals surface area contributed by atoms with Gasteiger partial charge in [-0.1, -0.05) is 41.9 Å². The van der Waals surface area contributed by atoms with Crippen LogP contribution in [-0.4, -0.2) is 24.3 Å². The summed E-state index contributed by atoms with van der Waals surface area (Å²) in [5.41, 5.74) is 10.6. The number of H-pyrrole nitrogens is 1. The van der Waals surface area contributed by atoms with Gasteiger partial charge in [0.05, 0.1) is 17.2 Å². The van der Waals surface area contributed by atoms with Gasteiger partial charge in [-0.15, -0.1) is 5.10 Å². The highest BCUT2D eigenvalue weighted by Gasteiger charge is 2.35.